The Morgan fingerprint density at radius 2 is 2.08 bits per heavy atom. The van der Waals surface area contributed by atoms with Crippen molar-refractivity contribution in [2.75, 3.05) is 0 Å². The van der Waals surface area contributed by atoms with Crippen LogP contribution in [0.4, 0.5) is 0 Å². The van der Waals surface area contributed by atoms with E-state index in [1.54, 1.807) is 19.3 Å². The second-order valence-corrected chi connectivity index (χ2v) is 3.57. The fraction of sp³-hybridized carbons (Fsp3) is 0.455. The molecule has 1 heterocycles. The lowest BCUT2D eigenvalue weighted by Gasteiger charge is -2.08. The first-order chi connectivity index (χ1) is 6.18. The standard InChI is InChI=1S/C11H15NO/c1-9(7-10(2)13)8-11-3-5-12-6-4-11/h3-6,9H,7-8H2,1-2H3. The maximum atomic E-state index is 10.8. The van der Waals surface area contributed by atoms with Gasteiger partial charge in [0.25, 0.3) is 0 Å². The molecule has 0 aliphatic carbocycles. The molecule has 0 saturated heterocycles. The fourth-order valence-electron chi connectivity index (χ4n) is 1.48. The van der Waals surface area contributed by atoms with Crippen LogP contribution in [0.3, 0.4) is 0 Å². The first kappa shape index (κ1) is 9.90. The van der Waals surface area contributed by atoms with Crippen LogP contribution in [0.5, 0.6) is 0 Å². The van der Waals surface area contributed by atoms with Gasteiger partial charge in [0.1, 0.15) is 5.78 Å². The molecule has 0 N–H and O–H groups in total. The Kier molecular flexibility index (Phi) is 3.62. The minimum Gasteiger partial charge on any atom is -0.300 e. The second kappa shape index (κ2) is 4.75. The Morgan fingerprint density at radius 1 is 1.46 bits per heavy atom. The molecule has 0 saturated carbocycles. The van der Waals surface area contributed by atoms with Crippen molar-refractivity contribution >= 4 is 5.78 Å². The summed E-state index contributed by atoms with van der Waals surface area (Å²) in [4.78, 5) is 14.8. The van der Waals surface area contributed by atoms with E-state index in [4.69, 9.17) is 0 Å². The topological polar surface area (TPSA) is 30.0 Å². The van der Waals surface area contributed by atoms with E-state index in [1.165, 1.54) is 5.56 Å². The largest absolute Gasteiger partial charge is 0.300 e. The average Bonchev–Trinajstić information content (AvgIpc) is 2.04. The van der Waals surface area contributed by atoms with Crippen molar-refractivity contribution in [3.63, 3.8) is 0 Å². The summed E-state index contributed by atoms with van der Waals surface area (Å²) in [5, 5.41) is 0. The van der Waals surface area contributed by atoms with E-state index in [2.05, 4.69) is 11.9 Å². The molecule has 0 radical (unpaired) electrons. The third kappa shape index (κ3) is 3.83. The molecule has 0 spiro atoms. The number of hydrogen-bond acceptors (Lipinski definition) is 2. The van der Waals surface area contributed by atoms with Crippen molar-refractivity contribution in [2.24, 2.45) is 5.92 Å². The molecule has 0 aromatic carbocycles. The van der Waals surface area contributed by atoms with Crippen molar-refractivity contribution in [1.29, 1.82) is 0 Å². The van der Waals surface area contributed by atoms with Crippen LogP contribution in [0.1, 0.15) is 25.8 Å². The molecule has 1 unspecified atom stereocenters. The van der Waals surface area contributed by atoms with Crippen LogP contribution in [-0.2, 0) is 11.2 Å². The number of nitrogens with zero attached hydrogens (tertiary/aromatic N) is 1. The second-order valence-electron chi connectivity index (χ2n) is 3.57. The van der Waals surface area contributed by atoms with Crippen LogP contribution in [-0.4, -0.2) is 10.8 Å². The highest BCUT2D eigenvalue weighted by atomic mass is 16.1. The van der Waals surface area contributed by atoms with Gasteiger partial charge in [-0.05, 0) is 37.0 Å². The lowest BCUT2D eigenvalue weighted by Crippen LogP contribution is -2.04. The Bertz CT molecular complexity index is 269. The molecule has 1 aromatic heterocycles. The molecule has 2 nitrogen and oxygen atoms in total. The average molecular weight is 177 g/mol. The zero-order chi connectivity index (χ0) is 9.68. The highest BCUT2D eigenvalue weighted by Gasteiger charge is 2.05. The monoisotopic (exact) mass is 177 g/mol. The van der Waals surface area contributed by atoms with Crippen molar-refractivity contribution in [1.82, 2.24) is 4.98 Å². The van der Waals surface area contributed by atoms with E-state index < -0.39 is 0 Å². The summed E-state index contributed by atoms with van der Waals surface area (Å²) >= 11 is 0. The van der Waals surface area contributed by atoms with Gasteiger partial charge in [-0.25, -0.2) is 0 Å². The number of pyridine rings is 1. The number of Topliss-reactive ketones (excluding diaryl/α,β-unsaturated/α-hetero) is 1. The quantitative estimate of drug-likeness (QED) is 0.706. The predicted molar refractivity (Wildman–Crippen MR) is 52.4 cm³/mol. The molecule has 0 fully saturated rings. The zero-order valence-corrected chi connectivity index (χ0v) is 8.16. The molecule has 1 aromatic rings. The molecule has 0 amide bonds. The fourth-order valence-corrected chi connectivity index (χ4v) is 1.48. The lowest BCUT2D eigenvalue weighted by molar-refractivity contribution is -0.117. The molecule has 1 rings (SSSR count). The first-order valence-corrected chi connectivity index (χ1v) is 4.57. The Hall–Kier alpha value is -1.18. The highest BCUT2D eigenvalue weighted by molar-refractivity contribution is 5.75. The molecule has 0 aliphatic rings. The van der Waals surface area contributed by atoms with Crippen molar-refractivity contribution in [3.8, 4) is 0 Å². The minimum atomic E-state index is 0.265. The first-order valence-electron chi connectivity index (χ1n) is 4.57. The maximum absolute atomic E-state index is 10.8. The molecule has 13 heavy (non-hydrogen) atoms. The number of rotatable bonds is 4. The zero-order valence-electron chi connectivity index (χ0n) is 8.16. The van der Waals surface area contributed by atoms with Crippen LogP contribution in [0.2, 0.25) is 0 Å². The lowest BCUT2D eigenvalue weighted by atomic mass is 9.97. The van der Waals surface area contributed by atoms with Gasteiger partial charge in [0.15, 0.2) is 0 Å². The molecular weight excluding hydrogens is 162 g/mol. The molecule has 70 valence electrons. The number of carbonyl (C=O) groups is 1. The normalized spacial score (nSPS) is 12.5. The summed E-state index contributed by atoms with van der Waals surface area (Å²) < 4.78 is 0. The van der Waals surface area contributed by atoms with Gasteiger partial charge < -0.3 is 4.79 Å². The van der Waals surface area contributed by atoms with Crippen LogP contribution in [0.25, 0.3) is 0 Å². The van der Waals surface area contributed by atoms with E-state index in [9.17, 15) is 4.79 Å². The summed E-state index contributed by atoms with van der Waals surface area (Å²) in [5.74, 6) is 0.696. The number of ketones is 1. The third-order valence-corrected chi connectivity index (χ3v) is 1.97. The van der Waals surface area contributed by atoms with Crippen molar-refractivity contribution in [2.45, 2.75) is 26.7 Å². The van der Waals surface area contributed by atoms with Gasteiger partial charge in [-0.15, -0.1) is 0 Å². The van der Waals surface area contributed by atoms with Gasteiger partial charge in [0, 0.05) is 18.8 Å². The maximum Gasteiger partial charge on any atom is 0.130 e. The van der Waals surface area contributed by atoms with E-state index in [1.807, 2.05) is 12.1 Å². The SMILES string of the molecule is CC(=O)CC(C)Cc1ccncc1. The van der Waals surface area contributed by atoms with Crippen LogP contribution >= 0.6 is 0 Å². The molecule has 0 bridgehead atoms. The van der Waals surface area contributed by atoms with Gasteiger partial charge in [0.05, 0.1) is 0 Å². The molecule has 0 aliphatic heterocycles. The molecular formula is C11H15NO. The van der Waals surface area contributed by atoms with Gasteiger partial charge in [-0.1, -0.05) is 6.92 Å². The van der Waals surface area contributed by atoms with Crippen molar-refractivity contribution < 1.29 is 4.79 Å². The molecule has 2 heteroatoms. The predicted octanol–water partition coefficient (Wildman–Crippen LogP) is 2.24. The van der Waals surface area contributed by atoms with Gasteiger partial charge in [0.2, 0.25) is 0 Å². The summed E-state index contributed by atoms with van der Waals surface area (Å²) in [6.07, 6.45) is 5.20. The van der Waals surface area contributed by atoms with Gasteiger partial charge in [-0.3, -0.25) is 4.98 Å². The third-order valence-electron chi connectivity index (χ3n) is 1.97. The van der Waals surface area contributed by atoms with E-state index in [0.29, 0.717) is 12.3 Å². The number of aromatic nitrogens is 1. The van der Waals surface area contributed by atoms with E-state index >= 15 is 0 Å². The molecule has 1 atom stereocenters. The Balaban J connectivity index is 2.45. The Labute approximate surface area is 79.0 Å². The van der Waals surface area contributed by atoms with Crippen LogP contribution in [0.15, 0.2) is 24.5 Å². The highest BCUT2D eigenvalue weighted by Crippen LogP contribution is 2.10. The smallest absolute Gasteiger partial charge is 0.130 e. The van der Waals surface area contributed by atoms with Gasteiger partial charge >= 0.3 is 0 Å². The number of hydrogen-bond donors (Lipinski definition) is 0. The van der Waals surface area contributed by atoms with Gasteiger partial charge in [-0.2, -0.15) is 0 Å². The number of carbonyl (C=O) groups excluding carboxylic acids is 1. The summed E-state index contributed by atoms with van der Waals surface area (Å²) in [7, 11) is 0. The van der Waals surface area contributed by atoms with Crippen LogP contribution < -0.4 is 0 Å². The minimum absolute atomic E-state index is 0.265. The van der Waals surface area contributed by atoms with Crippen LogP contribution in [0, 0.1) is 5.92 Å². The van der Waals surface area contributed by atoms with E-state index in [-0.39, 0.29) is 5.78 Å². The Morgan fingerprint density at radius 3 is 2.62 bits per heavy atom. The summed E-state index contributed by atoms with van der Waals surface area (Å²) in [5.41, 5.74) is 1.25. The van der Waals surface area contributed by atoms with Crippen molar-refractivity contribution in [3.05, 3.63) is 30.1 Å². The summed E-state index contributed by atoms with van der Waals surface area (Å²) in [6, 6.07) is 3.99. The van der Waals surface area contributed by atoms with E-state index in [0.717, 1.165) is 6.42 Å². The summed E-state index contributed by atoms with van der Waals surface area (Å²) in [6.45, 7) is 3.74.